The molecule has 0 bridgehead atoms. The van der Waals surface area contributed by atoms with E-state index in [0.29, 0.717) is 22.7 Å². The molecule has 2 aromatic carbocycles. The second-order valence-corrected chi connectivity index (χ2v) is 5.85. The van der Waals surface area contributed by atoms with Crippen LogP contribution in [0.25, 0.3) is 11.3 Å². The van der Waals surface area contributed by atoms with Crippen molar-refractivity contribution in [1.29, 1.82) is 0 Å². The topological polar surface area (TPSA) is 50.2 Å². The molecule has 0 radical (unpaired) electrons. The van der Waals surface area contributed by atoms with Gasteiger partial charge in [0.05, 0.1) is 10.7 Å². The maximum Gasteiger partial charge on any atom is 0.348 e. The second-order valence-electron chi connectivity index (χ2n) is 4.76. The van der Waals surface area contributed by atoms with Crippen molar-refractivity contribution in [2.45, 2.75) is 6.42 Å². The third-order valence-electron chi connectivity index (χ3n) is 3.16. The molecule has 0 atom stereocenters. The number of carboxylic acid groups (broad SMARTS) is 1. The van der Waals surface area contributed by atoms with Crippen molar-refractivity contribution in [3.63, 3.8) is 0 Å². The fraction of sp³-hybridized carbons (Fsp3) is 0.0588. The molecule has 0 fully saturated rings. The summed E-state index contributed by atoms with van der Waals surface area (Å²) in [6.07, 6.45) is 0.557. The van der Waals surface area contributed by atoms with Gasteiger partial charge in [-0.25, -0.2) is 14.2 Å². The molecule has 5 heteroatoms. The molecule has 0 saturated heterocycles. The highest BCUT2D eigenvalue weighted by molar-refractivity contribution is 7.14. The number of benzene rings is 2. The maximum atomic E-state index is 13.4. The Morgan fingerprint density at radius 3 is 2.59 bits per heavy atom. The summed E-state index contributed by atoms with van der Waals surface area (Å²) in [6, 6.07) is 15.5. The molecule has 0 aliphatic heterocycles. The number of rotatable bonds is 4. The van der Waals surface area contributed by atoms with E-state index in [9.17, 15) is 14.3 Å². The van der Waals surface area contributed by atoms with Crippen molar-refractivity contribution in [2.24, 2.45) is 0 Å². The second kappa shape index (κ2) is 6.07. The van der Waals surface area contributed by atoms with Crippen LogP contribution in [-0.4, -0.2) is 16.1 Å². The van der Waals surface area contributed by atoms with Gasteiger partial charge >= 0.3 is 5.97 Å². The summed E-state index contributed by atoms with van der Waals surface area (Å²) in [5.41, 5.74) is 1.86. The van der Waals surface area contributed by atoms with Gasteiger partial charge in [0.15, 0.2) is 0 Å². The van der Waals surface area contributed by atoms with E-state index in [4.69, 9.17) is 0 Å². The lowest BCUT2D eigenvalue weighted by molar-refractivity contribution is 0.0702. The lowest BCUT2D eigenvalue weighted by Crippen LogP contribution is -1.95. The Bertz CT molecular complexity index is 815. The molecule has 3 aromatic rings. The molecule has 0 unspecified atom stereocenters. The molecular weight excluding hydrogens is 301 g/mol. The summed E-state index contributed by atoms with van der Waals surface area (Å²) in [7, 11) is 0. The Morgan fingerprint density at radius 2 is 1.91 bits per heavy atom. The van der Waals surface area contributed by atoms with Crippen molar-refractivity contribution in [1.82, 2.24) is 4.98 Å². The Morgan fingerprint density at radius 1 is 1.14 bits per heavy atom. The van der Waals surface area contributed by atoms with Crippen molar-refractivity contribution in [2.75, 3.05) is 0 Å². The van der Waals surface area contributed by atoms with E-state index >= 15 is 0 Å². The van der Waals surface area contributed by atoms with E-state index in [2.05, 4.69) is 4.98 Å². The van der Waals surface area contributed by atoms with E-state index in [-0.39, 0.29) is 4.88 Å². The third kappa shape index (κ3) is 3.04. The first-order chi connectivity index (χ1) is 10.6. The van der Waals surface area contributed by atoms with E-state index in [1.165, 1.54) is 12.1 Å². The minimum absolute atomic E-state index is 0.136. The van der Waals surface area contributed by atoms with Crippen molar-refractivity contribution in [3.05, 3.63) is 75.9 Å². The van der Waals surface area contributed by atoms with Crippen LogP contribution in [0.4, 0.5) is 4.39 Å². The molecular formula is C17H12FNO2S. The van der Waals surface area contributed by atoms with Crippen LogP contribution in [-0.2, 0) is 6.42 Å². The van der Waals surface area contributed by atoms with Crippen LogP contribution in [0.1, 0.15) is 20.2 Å². The van der Waals surface area contributed by atoms with Gasteiger partial charge in [-0.1, -0.05) is 42.5 Å². The predicted octanol–water partition coefficient (Wildman–Crippen LogP) is 4.24. The minimum atomic E-state index is -1.05. The summed E-state index contributed by atoms with van der Waals surface area (Å²) in [5.74, 6) is -1.46. The molecule has 3 nitrogen and oxygen atoms in total. The summed E-state index contributed by atoms with van der Waals surface area (Å²) in [5, 5.41) is 10.0. The van der Waals surface area contributed by atoms with Gasteiger partial charge in [-0.15, -0.1) is 11.3 Å². The lowest BCUT2D eigenvalue weighted by Gasteiger charge is -1.99. The van der Waals surface area contributed by atoms with Crippen LogP contribution in [0.5, 0.6) is 0 Å². The fourth-order valence-corrected chi connectivity index (χ4v) is 3.15. The van der Waals surface area contributed by atoms with Crippen LogP contribution in [0.3, 0.4) is 0 Å². The number of hydrogen-bond acceptors (Lipinski definition) is 3. The number of carboxylic acids is 1. The highest BCUT2D eigenvalue weighted by Crippen LogP contribution is 2.30. The van der Waals surface area contributed by atoms with Crippen LogP contribution in [0.2, 0.25) is 0 Å². The van der Waals surface area contributed by atoms with Crippen LogP contribution < -0.4 is 0 Å². The zero-order valence-electron chi connectivity index (χ0n) is 11.5. The monoisotopic (exact) mass is 313 g/mol. The summed E-state index contributed by atoms with van der Waals surface area (Å²) >= 11 is 1.13. The van der Waals surface area contributed by atoms with Crippen molar-refractivity contribution >= 4 is 17.3 Å². The quantitative estimate of drug-likeness (QED) is 0.784. The van der Waals surface area contributed by atoms with Crippen LogP contribution in [0.15, 0.2) is 54.6 Å². The molecule has 0 spiro atoms. The highest BCUT2D eigenvalue weighted by atomic mass is 32.1. The largest absolute Gasteiger partial charge is 0.477 e. The van der Waals surface area contributed by atoms with Gasteiger partial charge in [-0.2, -0.15) is 0 Å². The van der Waals surface area contributed by atoms with Gasteiger partial charge in [0, 0.05) is 12.0 Å². The SMILES string of the molecule is O=C(O)c1sc(Cc2ccccc2)nc1-c1cccc(F)c1. The molecule has 0 amide bonds. The number of aromatic nitrogens is 1. The van der Waals surface area contributed by atoms with Gasteiger partial charge in [-0.05, 0) is 17.7 Å². The van der Waals surface area contributed by atoms with Gasteiger partial charge in [-0.3, -0.25) is 0 Å². The Hall–Kier alpha value is -2.53. The molecule has 1 N–H and O–H groups in total. The lowest BCUT2D eigenvalue weighted by atomic mass is 10.1. The zero-order chi connectivity index (χ0) is 15.5. The molecule has 3 rings (SSSR count). The van der Waals surface area contributed by atoms with E-state index in [0.717, 1.165) is 16.9 Å². The summed E-state index contributed by atoms with van der Waals surface area (Å²) in [4.78, 5) is 16.0. The van der Waals surface area contributed by atoms with E-state index in [1.807, 2.05) is 30.3 Å². The number of thiazole rings is 1. The maximum absolute atomic E-state index is 13.4. The highest BCUT2D eigenvalue weighted by Gasteiger charge is 2.19. The standard InChI is InChI=1S/C17H12FNO2S/c18-13-8-4-7-12(10-13)15-16(17(20)21)22-14(19-15)9-11-5-2-1-3-6-11/h1-8,10H,9H2,(H,20,21). The number of nitrogens with zero attached hydrogens (tertiary/aromatic N) is 1. The molecule has 1 heterocycles. The molecule has 22 heavy (non-hydrogen) atoms. The van der Waals surface area contributed by atoms with Gasteiger partial charge in [0.2, 0.25) is 0 Å². The van der Waals surface area contributed by atoms with Crippen molar-refractivity contribution < 1.29 is 14.3 Å². The Kier molecular flexibility index (Phi) is 3.98. The van der Waals surface area contributed by atoms with E-state index in [1.54, 1.807) is 12.1 Å². The molecule has 0 aliphatic carbocycles. The normalized spacial score (nSPS) is 10.6. The van der Waals surface area contributed by atoms with E-state index < -0.39 is 11.8 Å². The first-order valence-electron chi connectivity index (χ1n) is 6.66. The smallest absolute Gasteiger partial charge is 0.348 e. The Labute approximate surface area is 130 Å². The fourth-order valence-electron chi connectivity index (χ4n) is 2.19. The molecule has 110 valence electrons. The van der Waals surface area contributed by atoms with Gasteiger partial charge < -0.3 is 5.11 Å². The minimum Gasteiger partial charge on any atom is -0.477 e. The van der Waals surface area contributed by atoms with Crippen LogP contribution in [0, 0.1) is 5.82 Å². The summed E-state index contributed by atoms with van der Waals surface area (Å²) in [6.45, 7) is 0. The number of halogens is 1. The van der Waals surface area contributed by atoms with Crippen molar-refractivity contribution in [3.8, 4) is 11.3 Å². The molecule has 0 saturated carbocycles. The number of hydrogen-bond donors (Lipinski definition) is 1. The van der Waals surface area contributed by atoms with Crippen LogP contribution >= 0.6 is 11.3 Å². The number of carbonyl (C=O) groups is 1. The zero-order valence-corrected chi connectivity index (χ0v) is 12.3. The Balaban J connectivity index is 2.01. The van der Waals surface area contributed by atoms with Gasteiger partial charge in [0.25, 0.3) is 0 Å². The third-order valence-corrected chi connectivity index (χ3v) is 4.21. The average molecular weight is 313 g/mol. The first-order valence-corrected chi connectivity index (χ1v) is 7.48. The molecule has 0 aliphatic rings. The molecule has 1 aromatic heterocycles. The number of aromatic carboxylic acids is 1. The predicted molar refractivity (Wildman–Crippen MR) is 83.7 cm³/mol. The summed E-state index contributed by atoms with van der Waals surface area (Å²) < 4.78 is 13.4. The van der Waals surface area contributed by atoms with Gasteiger partial charge in [0.1, 0.15) is 10.7 Å². The average Bonchev–Trinajstić information content (AvgIpc) is 2.92. The first kappa shape index (κ1) is 14.4.